The second kappa shape index (κ2) is 6.90. The number of oxazole rings is 1. The molecule has 3 amide bonds. The summed E-state index contributed by atoms with van der Waals surface area (Å²) < 4.78 is 5.57. The number of carbonyl (C=O) groups excluding carboxylic acids is 2. The highest BCUT2D eigenvalue weighted by atomic mass is 16.3. The molecule has 1 fully saturated rings. The summed E-state index contributed by atoms with van der Waals surface area (Å²) in [6.07, 6.45) is 2.87. The van der Waals surface area contributed by atoms with Gasteiger partial charge in [0.2, 0.25) is 5.91 Å². The molecule has 0 saturated carbocycles. The van der Waals surface area contributed by atoms with E-state index in [2.05, 4.69) is 10.3 Å². The highest BCUT2D eigenvalue weighted by Crippen LogP contribution is 2.23. The molecule has 24 heavy (non-hydrogen) atoms. The molecule has 2 aromatic rings. The van der Waals surface area contributed by atoms with Crippen molar-refractivity contribution in [3.63, 3.8) is 0 Å². The molecule has 1 aliphatic heterocycles. The van der Waals surface area contributed by atoms with Crippen molar-refractivity contribution in [3.05, 3.63) is 24.1 Å². The molecule has 3 rings (SSSR count). The summed E-state index contributed by atoms with van der Waals surface area (Å²) in [4.78, 5) is 29.6. The molecule has 1 aliphatic rings. The number of benzene rings is 1. The number of amides is 3. The lowest BCUT2D eigenvalue weighted by Crippen LogP contribution is -2.43. The zero-order chi connectivity index (χ0) is 17.1. The van der Waals surface area contributed by atoms with Crippen molar-refractivity contribution >= 4 is 28.7 Å². The molecule has 0 aliphatic carbocycles. The third-order valence-corrected chi connectivity index (χ3v) is 4.28. The van der Waals surface area contributed by atoms with Crippen LogP contribution in [0.25, 0.3) is 11.1 Å². The first-order valence-corrected chi connectivity index (χ1v) is 8.29. The Labute approximate surface area is 140 Å². The highest BCUT2D eigenvalue weighted by Gasteiger charge is 2.24. The van der Waals surface area contributed by atoms with Gasteiger partial charge in [0, 0.05) is 31.6 Å². The summed E-state index contributed by atoms with van der Waals surface area (Å²) in [5.74, 6) is 0.511. The number of piperidine rings is 1. The lowest BCUT2D eigenvalue weighted by molar-refractivity contribution is -0.119. The number of nitrogens with one attached hydrogen (secondary N) is 1. The average Bonchev–Trinajstić information content (AvgIpc) is 2.97. The largest absolute Gasteiger partial charge is 0.441 e. The molecule has 7 nitrogen and oxygen atoms in total. The first-order chi connectivity index (χ1) is 11.5. The Hall–Kier alpha value is -2.57. The van der Waals surface area contributed by atoms with Gasteiger partial charge in [0.15, 0.2) is 11.5 Å². The summed E-state index contributed by atoms with van der Waals surface area (Å²) in [7, 11) is 0. The van der Waals surface area contributed by atoms with Crippen LogP contribution in [-0.4, -0.2) is 34.9 Å². The minimum atomic E-state index is -0.314. The maximum atomic E-state index is 12.5. The van der Waals surface area contributed by atoms with E-state index in [1.54, 1.807) is 17.0 Å². The van der Waals surface area contributed by atoms with Crippen molar-refractivity contribution in [2.24, 2.45) is 11.7 Å². The molecule has 0 radical (unpaired) electrons. The summed E-state index contributed by atoms with van der Waals surface area (Å²) in [6, 6.07) is 5.25. The standard InChI is InChI=1S/C17H22N4O3/c1-2-16-20-13-9-12(5-6-14(13)24-16)19-17(23)21-7-3-4-11(10-21)8-15(18)22/h5-6,9,11H,2-4,7-8,10H2,1H3,(H2,18,22)(H,19,23)/t11-/m1/s1. The monoisotopic (exact) mass is 330 g/mol. The van der Waals surface area contributed by atoms with E-state index in [0.717, 1.165) is 24.8 Å². The molecule has 128 valence electrons. The molecule has 0 spiro atoms. The first-order valence-electron chi connectivity index (χ1n) is 8.29. The zero-order valence-corrected chi connectivity index (χ0v) is 13.7. The Bertz CT molecular complexity index is 755. The van der Waals surface area contributed by atoms with Gasteiger partial charge in [-0.1, -0.05) is 6.92 Å². The van der Waals surface area contributed by atoms with Crippen LogP contribution in [0.3, 0.4) is 0 Å². The van der Waals surface area contributed by atoms with Crippen molar-refractivity contribution in [2.45, 2.75) is 32.6 Å². The van der Waals surface area contributed by atoms with Gasteiger partial charge in [0.1, 0.15) is 5.52 Å². The summed E-state index contributed by atoms with van der Waals surface area (Å²) in [6.45, 7) is 3.22. The van der Waals surface area contributed by atoms with Crippen LogP contribution in [-0.2, 0) is 11.2 Å². The molecule has 0 unspecified atom stereocenters. The second-order valence-corrected chi connectivity index (χ2v) is 6.20. The van der Waals surface area contributed by atoms with E-state index in [0.29, 0.717) is 36.7 Å². The Morgan fingerprint density at radius 1 is 1.46 bits per heavy atom. The van der Waals surface area contributed by atoms with Gasteiger partial charge in [-0.3, -0.25) is 4.79 Å². The van der Waals surface area contributed by atoms with E-state index in [-0.39, 0.29) is 17.9 Å². The van der Waals surface area contributed by atoms with Gasteiger partial charge in [-0.05, 0) is 37.0 Å². The second-order valence-electron chi connectivity index (χ2n) is 6.20. The van der Waals surface area contributed by atoms with E-state index < -0.39 is 0 Å². The number of anilines is 1. The van der Waals surface area contributed by atoms with Crippen molar-refractivity contribution in [2.75, 3.05) is 18.4 Å². The SMILES string of the molecule is CCc1nc2cc(NC(=O)N3CCC[C@H](CC(N)=O)C3)ccc2o1. The zero-order valence-electron chi connectivity index (χ0n) is 13.7. The predicted molar refractivity (Wildman–Crippen MR) is 90.5 cm³/mol. The molecular formula is C17H22N4O3. The number of urea groups is 1. The van der Waals surface area contributed by atoms with E-state index in [1.165, 1.54) is 0 Å². The summed E-state index contributed by atoms with van der Waals surface area (Å²) in [5.41, 5.74) is 7.39. The molecule has 3 N–H and O–H groups in total. The molecule has 1 saturated heterocycles. The third-order valence-electron chi connectivity index (χ3n) is 4.28. The smallest absolute Gasteiger partial charge is 0.321 e. The van der Waals surface area contributed by atoms with Crippen molar-refractivity contribution < 1.29 is 14.0 Å². The van der Waals surface area contributed by atoms with E-state index in [4.69, 9.17) is 10.2 Å². The normalized spacial score (nSPS) is 17.9. The predicted octanol–water partition coefficient (Wildman–Crippen LogP) is 2.51. The van der Waals surface area contributed by atoms with Gasteiger partial charge >= 0.3 is 6.03 Å². The number of aromatic nitrogens is 1. The fourth-order valence-electron chi connectivity index (χ4n) is 3.11. The number of nitrogens with two attached hydrogens (primary N) is 1. The molecule has 7 heteroatoms. The van der Waals surface area contributed by atoms with Gasteiger partial charge in [0.05, 0.1) is 0 Å². The highest BCUT2D eigenvalue weighted by molar-refractivity contribution is 5.91. The van der Waals surface area contributed by atoms with Crippen LogP contribution in [0.2, 0.25) is 0 Å². The number of carbonyl (C=O) groups is 2. The first kappa shape index (κ1) is 16.3. The number of primary amides is 1. The van der Waals surface area contributed by atoms with Crippen LogP contribution in [0.1, 0.15) is 32.1 Å². The van der Waals surface area contributed by atoms with Gasteiger partial charge in [-0.2, -0.15) is 0 Å². The topological polar surface area (TPSA) is 101 Å². The van der Waals surface area contributed by atoms with Crippen molar-refractivity contribution in [1.82, 2.24) is 9.88 Å². The number of hydrogen-bond acceptors (Lipinski definition) is 4. The molecule has 2 heterocycles. The van der Waals surface area contributed by atoms with Crippen LogP contribution in [0, 0.1) is 5.92 Å². The minimum Gasteiger partial charge on any atom is -0.441 e. The van der Waals surface area contributed by atoms with Crippen LogP contribution in [0.4, 0.5) is 10.5 Å². The Kier molecular flexibility index (Phi) is 4.69. The maximum absolute atomic E-state index is 12.5. The number of aryl methyl sites for hydroxylation is 1. The Morgan fingerprint density at radius 2 is 2.29 bits per heavy atom. The Balaban J connectivity index is 1.66. The van der Waals surface area contributed by atoms with Gasteiger partial charge in [-0.15, -0.1) is 0 Å². The van der Waals surface area contributed by atoms with Gasteiger partial charge in [0.25, 0.3) is 0 Å². The fourth-order valence-corrected chi connectivity index (χ4v) is 3.11. The fraction of sp³-hybridized carbons (Fsp3) is 0.471. The van der Waals surface area contributed by atoms with Gasteiger partial charge in [-0.25, -0.2) is 9.78 Å². The average molecular weight is 330 g/mol. The quantitative estimate of drug-likeness (QED) is 0.899. The third kappa shape index (κ3) is 3.67. The van der Waals surface area contributed by atoms with Gasteiger partial charge < -0.3 is 20.4 Å². The maximum Gasteiger partial charge on any atom is 0.321 e. The van der Waals surface area contributed by atoms with E-state index >= 15 is 0 Å². The molecular weight excluding hydrogens is 308 g/mol. The number of fused-ring (bicyclic) bond motifs is 1. The van der Waals surface area contributed by atoms with Crippen LogP contribution in [0.15, 0.2) is 22.6 Å². The van der Waals surface area contributed by atoms with E-state index in [1.807, 2.05) is 13.0 Å². The number of rotatable bonds is 4. The van der Waals surface area contributed by atoms with Crippen molar-refractivity contribution in [3.8, 4) is 0 Å². The van der Waals surface area contributed by atoms with Crippen LogP contribution in [0.5, 0.6) is 0 Å². The summed E-state index contributed by atoms with van der Waals surface area (Å²) >= 11 is 0. The molecule has 1 aromatic heterocycles. The molecule has 0 bridgehead atoms. The number of likely N-dealkylation sites (tertiary alicyclic amines) is 1. The van der Waals surface area contributed by atoms with Crippen LogP contribution >= 0.6 is 0 Å². The van der Waals surface area contributed by atoms with Crippen molar-refractivity contribution in [1.29, 1.82) is 0 Å². The van der Waals surface area contributed by atoms with E-state index in [9.17, 15) is 9.59 Å². The lowest BCUT2D eigenvalue weighted by Gasteiger charge is -2.32. The number of nitrogens with zero attached hydrogens (tertiary/aromatic N) is 2. The lowest BCUT2D eigenvalue weighted by atomic mass is 9.95. The minimum absolute atomic E-state index is 0.145. The van der Waals surface area contributed by atoms with Crippen LogP contribution < -0.4 is 11.1 Å². The summed E-state index contributed by atoms with van der Waals surface area (Å²) in [5, 5.41) is 2.89. The number of hydrogen-bond donors (Lipinski definition) is 2. The molecule has 1 aromatic carbocycles. The Morgan fingerprint density at radius 3 is 3.04 bits per heavy atom. The molecule has 1 atom stereocenters.